The second-order valence-electron chi connectivity index (χ2n) is 4.58. The fraction of sp³-hybridized carbons (Fsp3) is 0.692. The summed E-state index contributed by atoms with van der Waals surface area (Å²) in [4.78, 5) is 0. The fourth-order valence-corrected chi connectivity index (χ4v) is 1.86. The smallest absolute Gasteiger partial charge is 0 e. The Morgan fingerprint density at radius 1 is 1.12 bits per heavy atom. The van der Waals surface area contributed by atoms with Crippen LogP contribution in [0.15, 0.2) is 16.7 Å². The average molecular weight is 427 g/mol. The van der Waals surface area contributed by atoms with Gasteiger partial charge in [-0.15, -0.1) is 6.92 Å². The Labute approximate surface area is 132 Å². The molecule has 1 rings (SSSR count). The Hall–Kier alpha value is 0.930. The van der Waals surface area contributed by atoms with Crippen LogP contribution in [0.2, 0.25) is 0 Å². The summed E-state index contributed by atoms with van der Waals surface area (Å²) < 4.78 is 0. The van der Waals surface area contributed by atoms with E-state index in [-0.39, 0.29) is 56.1 Å². The largest absolute Gasteiger partial charge is 1.00 e. The summed E-state index contributed by atoms with van der Waals surface area (Å²) in [6.07, 6.45) is 7.39. The van der Waals surface area contributed by atoms with Crippen molar-refractivity contribution in [2.45, 2.75) is 53.9 Å². The molecule has 1 aliphatic carbocycles. The zero-order valence-electron chi connectivity index (χ0n) is 10.9. The number of hydrogen-bond donors (Lipinski definition) is 0. The molecule has 0 aliphatic heterocycles. The van der Waals surface area contributed by atoms with Crippen molar-refractivity contribution in [2.75, 3.05) is 0 Å². The van der Waals surface area contributed by atoms with E-state index in [2.05, 4.69) is 40.7 Å². The molecule has 0 amide bonds. The van der Waals surface area contributed by atoms with Gasteiger partial charge in [-0.1, -0.05) is 52.4 Å². The van der Waals surface area contributed by atoms with Crippen molar-refractivity contribution in [2.24, 2.45) is 5.41 Å². The van der Waals surface area contributed by atoms with E-state index in [9.17, 15) is 0 Å². The minimum Gasteiger partial charge on any atom is -1.00 e. The number of rotatable bonds is 3. The molecular formula is C13H21Cl2Hf-3. The first-order valence-corrected chi connectivity index (χ1v) is 5.31. The maximum Gasteiger partial charge on any atom is 0 e. The first-order valence-electron chi connectivity index (χ1n) is 5.31. The summed E-state index contributed by atoms with van der Waals surface area (Å²) >= 11 is 0. The summed E-state index contributed by atoms with van der Waals surface area (Å²) in [6, 6.07) is 0. The summed E-state index contributed by atoms with van der Waals surface area (Å²) in [5.41, 5.74) is 4.63. The zero-order valence-corrected chi connectivity index (χ0v) is 16.0. The van der Waals surface area contributed by atoms with Gasteiger partial charge in [-0.3, -0.25) is 6.08 Å². The van der Waals surface area contributed by atoms with Crippen LogP contribution in [0.25, 0.3) is 0 Å². The molecule has 16 heavy (non-hydrogen) atoms. The van der Waals surface area contributed by atoms with Gasteiger partial charge in [0.1, 0.15) is 0 Å². The van der Waals surface area contributed by atoms with Crippen molar-refractivity contribution in [1.29, 1.82) is 0 Å². The van der Waals surface area contributed by atoms with E-state index in [0.29, 0.717) is 0 Å². The Bertz CT molecular complexity index is 265. The average Bonchev–Trinajstić information content (AvgIpc) is 2.26. The van der Waals surface area contributed by atoms with Gasteiger partial charge in [-0.05, 0) is 0 Å². The van der Waals surface area contributed by atoms with Gasteiger partial charge in [0, 0.05) is 25.8 Å². The van der Waals surface area contributed by atoms with Gasteiger partial charge in [0.15, 0.2) is 0 Å². The van der Waals surface area contributed by atoms with Crippen LogP contribution in [0.5, 0.6) is 0 Å². The van der Waals surface area contributed by atoms with E-state index in [1.807, 2.05) is 0 Å². The van der Waals surface area contributed by atoms with Crippen molar-refractivity contribution < 1.29 is 50.7 Å². The van der Waals surface area contributed by atoms with E-state index >= 15 is 0 Å². The molecule has 0 aromatic heterocycles. The van der Waals surface area contributed by atoms with Crippen LogP contribution in [-0.2, 0) is 25.8 Å². The Morgan fingerprint density at radius 3 is 1.94 bits per heavy atom. The minimum absolute atomic E-state index is 0. The maximum absolute atomic E-state index is 3.61. The molecule has 0 radical (unpaired) electrons. The van der Waals surface area contributed by atoms with Gasteiger partial charge >= 0.3 is 0 Å². The van der Waals surface area contributed by atoms with Crippen LogP contribution < -0.4 is 24.8 Å². The van der Waals surface area contributed by atoms with E-state index in [4.69, 9.17) is 0 Å². The van der Waals surface area contributed by atoms with Crippen LogP contribution >= 0.6 is 0 Å². The monoisotopic (exact) mass is 427 g/mol. The van der Waals surface area contributed by atoms with Crippen molar-refractivity contribution in [3.63, 3.8) is 0 Å². The molecule has 0 heterocycles. The van der Waals surface area contributed by atoms with Gasteiger partial charge in [0.25, 0.3) is 0 Å². The third kappa shape index (κ3) is 5.06. The topological polar surface area (TPSA) is 0 Å². The molecule has 0 fully saturated rings. The predicted molar refractivity (Wildman–Crippen MR) is 58.4 cm³/mol. The molecular weight excluding hydrogens is 406 g/mol. The van der Waals surface area contributed by atoms with Crippen molar-refractivity contribution in [1.82, 2.24) is 0 Å². The van der Waals surface area contributed by atoms with Gasteiger partial charge in [-0.25, -0.2) is 5.57 Å². The third-order valence-electron chi connectivity index (χ3n) is 3.20. The fourth-order valence-electron chi connectivity index (χ4n) is 1.86. The first-order chi connectivity index (χ1) is 5.99. The van der Waals surface area contributed by atoms with Crippen LogP contribution in [0.4, 0.5) is 0 Å². The predicted octanol–water partition coefficient (Wildman–Crippen LogP) is -1.71. The second kappa shape index (κ2) is 8.94. The van der Waals surface area contributed by atoms with Gasteiger partial charge in [0.05, 0.1) is 0 Å². The van der Waals surface area contributed by atoms with Crippen LogP contribution in [0, 0.1) is 11.5 Å². The van der Waals surface area contributed by atoms with E-state index < -0.39 is 0 Å². The Morgan fingerprint density at radius 2 is 1.62 bits per heavy atom. The number of halogens is 2. The molecule has 0 N–H and O–H groups in total. The molecule has 0 saturated carbocycles. The van der Waals surface area contributed by atoms with Crippen molar-refractivity contribution in [3.8, 4) is 0 Å². The van der Waals surface area contributed by atoms with Crippen LogP contribution in [0.3, 0.4) is 0 Å². The summed E-state index contributed by atoms with van der Waals surface area (Å²) in [7, 11) is 0. The summed E-state index contributed by atoms with van der Waals surface area (Å²) in [5, 5.41) is 0. The standard InChI is InChI=1S/C13H21.2ClH.Hf/c1-6-7-8-12-9-13(4,5)11(3)10(12)2;;;/h6-8H2,1-5H3;2*1H;/q-1;;;/p-2. The van der Waals surface area contributed by atoms with Crippen LogP contribution in [0.1, 0.15) is 53.9 Å². The number of allylic oxidation sites excluding steroid dienone is 4. The second-order valence-corrected chi connectivity index (χ2v) is 4.58. The van der Waals surface area contributed by atoms with Crippen molar-refractivity contribution in [3.05, 3.63) is 22.8 Å². The molecule has 0 bridgehead atoms. The Balaban J connectivity index is -0.000000563. The maximum atomic E-state index is 3.61. The molecule has 3 heteroatoms. The molecule has 1 aliphatic rings. The number of hydrogen-bond acceptors (Lipinski definition) is 0. The van der Waals surface area contributed by atoms with Gasteiger partial charge < -0.3 is 24.8 Å². The SMILES string of the molecule is CCCCC1=[C-]C(C)(C)C(C)=C1C.[Cl-].[Cl-].[Hf]. The van der Waals surface area contributed by atoms with E-state index in [1.54, 1.807) is 0 Å². The molecule has 0 atom stereocenters. The molecule has 0 spiro atoms. The van der Waals surface area contributed by atoms with E-state index in [0.717, 1.165) is 0 Å². The normalized spacial score (nSPS) is 16.9. The van der Waals surface area contributed by atoms with Gasteiger partial charge in [-0.2, -0.15) is 11.1 Å². The first kappa shape index (κ1) is 22.1. The molecule has 0 saturated heterocycles. The number of unbranched alkanes of at least 4 members (excludes halogenated alkanes) is 1. The molecule has 0 nitrogen and oxygen atoms in total. The Kier molecular flexibility index (Phi) is 12.4. The summed E-state index contributed by atoms with van der Waals surface area (Å²) in [6.45, 7) is 11.2. The van der Waals surface area contributed by atoms with Crippen LogP contribution in [-0.4, -0.2) is 0 Å². The third-order valence-corrected chi connectivity index (χ3v) is 3.20. The summed E-state index contributed by atoms with van der Waals surface area (Å²) in [5.74, 6) is 0. The molecule has 94 valence electrons. The minimum atomic E-state index is 0. The quantitative estimate of drug-likeness (QED) is 0.372. The molecule has 0 aromatic rings. The molecule has 0 unspecified atom stereocenters. The zero-order chi connectivity index (χ0) is 10.1. The van der Waals surface area contributed by atoms with Gasteiger partial charge in [0.2, 0.25) is 0 Å². The molecule has 0 aromatic carbocycles. The van der Waals surface area contributed by atoms with E-state index in [1.165, 1.54) is 36.0 Å². The van der Waals surface area contributed by atoms with Crippen molar-refractivity contribution >= 4 is 0 Å².